The SMILES string of the molecule is CCCn1cc(CNc2cn(C)nc2C)c(C)n1.Cl. The zero-order valence-electron chi connectivity index (χ0n) is 12.0. The molecule has 0 aliphatic carbocycles. The van der Waals surface area contributed by atoms with Gasteiger partial charge in [0.1, 0.15) is 0 Å². The largest absolute Gasteiger partial charge is 0.378 e. The highest BCUT2D eigenvalue weighted by molar-refractivity contribution is 5.85. The fraction of sp³-hybridized carbons (Fsp3) is 0.538. The Morgan fingerprint density at radius 3 is 2.47 bits per heavy atom. The van der Waals surface area contributed by atoms with Gasteiger partial charge in [0.2, 0.25) is 0 Å². The van der Waals surface area contributed by atoms with Crippen molar-refractivity contribution < 1.29 is 0 Å². The number of hydrogen-bond acceptors (Lipinski definition) is 3. The maximum absolute atomic E-state index is 4.50. The van der Waals surface area contributed by atoms with E-state index in [4.69, 9.17) is 0 Å². The number of nitrogens with zero attached hydrogens (tertiary/aromatic N) is 4. The Morgan fingerprint density at radius 1 is 1.16 bits per heavy atom. The zero-order chi connectivity index (χ0) is 13.1. The average molecular weight is 284 g/mol. The van der Waals surface area contributed by atoms with E-state index in [9.17, 15) is 0 Å². The smallest absolute Gasteiger partial charge is 0.0825 e. The monoisotopic (exact) mass is 283 g/mol. The number of halogens is 1. The van der Waals surface area contributed by atoms with Gasteiger partial charge >= 0.3 is 0 Å². The predicted molar refractivity (Wildman–Crippen MR) is 79.8 cm³/mol. The number of aromatic nitrogens is 4. The highest BCUT2D eigenvalue weighted by atomic mass is 35.5. The second-order valence-corrected chi connectivity index (χ2v) is 4.66. The third-order valence-corrected chi connectivity index (χ3v) is 2.98. The van der Waals surface area contributed by atoms with Crippen molar-refractivity contribution >= 4 is 18.1 Å². The van der Waals surface area contributed by atoms with Gasteiger partial charge in [-0.25, -0.2) is 0 Å². The van der Waals surface area contributed by atoms with Crippen molar-refractivity contribution in [2.24, 2.45) is 7.05 Å². The highest BCUT2D eigenvalue weighted by Gasteiger charge is 2.06. The summed E-state index contributed by atoms with van der Waals surface area (Å²) in [5.74, 6) is 0. The van der Waals surface area contributed by atoms with Crippen LogP contribution in [-0.4, -0.2) is 19.6 Å². The number of aryl methyl sites for hydroxylation is 4. The molecule has 5 nitrogen and oxygen atoms in total. The lowest BCUT2D eigenvalue weighted by Gasteiger charge is -2.03. The first-order chi connectivity index (χ1) is 8.60. The van der Waals surface area contributed by atoms with E-state index in [1.807, 2.05) is 29.5 Å². The minimum atomic E-state index is 0. The van der Waals surface area contributed by atoms with Crippen molar-refractivity contribution in [3.8, 4) is 0 Å². The van der Waals surface area contributed by atoms with E-state index in [0.29, 0.717) is 0 Å². The molecule has 0 unspecified atom stereocenters. The van der Waals surface area contributed by atoms with Crippen molar-refractivity contribution in [1.29, 1.82) is 0 Å². The van der Waals surface area contributed by atoms with Crippen LogP contribution in [0.4, 0.5) is 5.69 Å². The van der Waals surface area contributed by atoms with Crippen LogP contribution in [0.15, 0.2) is 12.4 Å². The topological polar surface area (TPSA) is 47.7 Å². The van der Waals surface area contributed by atoms with E-state index in [2.05, 4.69) is 35.6 Å². The molecule has 106 valence electrons. The highest BCUT2D eigenvalue weighted by Crippen LogP contribution is 2.14. The van der Waals surface area contributed by atoms with Crippen molar-refractivity contribution in [2.75, 3.05) is 5.32 Å². The van der Waals surface area contributed by atoms with E-state index in [0.717, 1.165) is 36.6 Å². The molecule has 2 heterocycles. The van der Waals surface area contributed by atoms with Gasteiger partial charge in [-0.05, 0) is 20.3 Å². The van der Waals surface area contributed by atoms with Gasteiger partial charge in [0.05, 0.1) is 17.1 Å². The van der Waals surface area contributed by atoms with Gasteiger partial charge in [-0.3, -0.25) is 9.36 Å². The zero-order valence-corrected chi connectivity index (χ0v) is 12.8. The summed E-state index contributed by atoms with van der Waals surface area (Å²) >= 11 is 0. The number of rotatable bonds is 5. The Labute approximate surface area is 120 Å². The summed E-state index contributed by atoms with van der Waals surface area (Å²) in [5, 5.41) is 12.2. The van der Waals surface area contributed by atoms with Crippen LogP contribution >= 0.6 is 12.4 Å². The predicted octanol–water partition coefficient (Wildman–Crippen LogP) is 2.68. The summed E-state index contributed by atoms with van der Waals surface area (Å²) in [6, 6.07) is 0. The van der Waals surface area contributed by atoms with Crippen molar-refractivity contribution in [3.05, 3.63) is 29.3 Å². The van der Waals surface area contributed by atoms with E-state index in [1.165, 1.54) is 5.56 Å². The summed E-state index contributed by atoms with van der Waals surface area (Å²) in [7, 11) is 1.93. The molecule has 0 bridgehead atoms. The van der Waals surface area contributed by atoms with Crippen LogP contribution in [0.5, 0.6) is 0 Å². The number of anilines is 1. The first-order valence-corrected chi connectivity index (χ1v) is 6.37. The fourth-order valence-electron chi connectivity index (χ4n) is 2.04. The number of nitrogens with one attached hydrogen (secondary N) is 1. The van der Waals surface area contributed by atoms with Crippen LogP contribution in [0, 0.1) is 13.8 Å². The molecule has 0 spiro atoms. The van der Waals surface area contributed by atoms with E-state index in [1.54, 1.807) is 0 Å². The van der Waals surface area contributed by atoms with Crippen LogP contribution in [0.25, 0.3) is 0 Å². The molecule has 0 aliphatic rings. The molecule has 0 aromatic carbocycles. The summed E-state index contributed by atoms with van der Waals surface area (Å²) in [6.07, 6.45) is 5.23. The van der Waals surface area contributed by atoms with Gasteiger partial charge in [0.15, 0.2) is 0 Å². The molecular formula is C13H22ClN5. The minimum absolute atomic E-state index is 0. The summed E-state index contributed by atoms with van der Waals surface area (Å²) in [6.45, 7) is 8.00. The minimum Gasteiger partial charge on any atom is -0.378 e. The Morgan fingerprint density at radius 2 is 1.89 bits per heavy atom. The standard InChI is InChI=1S/C13H21N5.ClH/c1-5-6-18-8-12(10(2)16-18)7-14-13-9-17(4)15-11(13)3;/h8-9,14H,5-7H2,1-4H3;1H. The van der Waals surface area contributed by atoms with Crippen molar-refractivity contribution in [2.45, 2.75) is 40.3 Å². The quantitative estimate of drug-likeness (QED) is 0.918. The maximum Gasteiger partial charge on any atom is 0.0825 e. The Kier molecular flexibility index (Phi) is 5.42. The van der Waals surface area contributed by atoms with Crippen LogP contribution in [0.2, 0.25) is 0 Å². The van der Waals surface area contributed by atoms with Crippen molar-refractivity contribution in [1.82, 2.24) is 19.6 Å². The molecule has 2 rings (SSSR count). The van der Waals surface area contributed by atoms with Gasteiger partial charge in [0.25, 0.3) is 0 Å². The third-order valence-electron chi connectivity index (χ3n) is 2.98. The first kappa shape index (κ1) is 15.6. The molecule has 2 aromatic heterocycles. The summed E-state index contributed by atoms with van der Waals surface area (Å²) in [4.78, 5) is 0. The van der Waals surface area contributed by atoms with Gasteiger partial charge in [0, 0.05) is 38.1 Å². The van der Waals surface area contributed by atoms with Gasteiger partial charge in [-0.15, -0.1) is 12.4 Å². The Balaban J connectivity index is 0.00000180. The Hall–Kier alpha value is -1.49. The van der Waals surface area contributed by atoms with Crippen molar-refractivity contribution in [3.63, 3.8) is 0 Å². The normalized spacial score (nSPS) is 10.3. The van der Waals surface area contributed by atoms with Crippen LogP contribution in [0.3, 0.4) is 0 Å². The maximum atomic E-state index is 4.50. The lowest BCUT2D eigenvalue weighted by atomic mass is 10.2. The molecular weight excluding hydrogens is 262 g/mol. The summed E-state index contributed by atoms with van der Waals surface area (Å²) in [5.41, 5.74) is 4.44. The molecule has 0 radical (unpaired) electrons. The lowest BCUT2D eigenvalue weighted by molar-refractivity contribution is 0.598. The summed E-state index contributed by atoms with van der Waals surface area (Å²) < 4.78 is 3.84. The molecule has 0 amide bonds. The second-order valence-electron chi connectivity index (χ2n) is 4.66. The van der Waals surface area contributed by atoms with Crippen LogP contribution < -0.4 is 5.32 Å². The number of hydrogen-bond donors (Lipinski definition) is 1. The fourth-order valence-corrected chi connectivity index (χ4v) is 2.04. The third kappa shape index (κ3) is 3.73. The molecule has 0 saturated carbocycles. The van der Waals surface area contributed by atoms with E-state index in [-0.39, 0.29) is 12.4 Å². The van der Waals surface area contributed by atoms with E-state index >= 15 is 0 Å². The van der Waals surface area contributed by atoms with Gasteiger partial charge in [-0.2, -0.15) is 10.2 Å². The van der Waals surface area contributed by atoms with Crippen LogP contribution in [0.1, 0.15) is 30.3 Å². The van der Waals surface area contributed by atoms with Gasteiger partial charge < -0.3 is 5.32 Å². The average Bonchev–Trinajstić information content (AvgIpc) is 2.80. The molecule has 1 N–H and O–H groups in total. The van der Waals surface area contributed by atoms with E-state index < -0.39 is 0 Å². The molecule has 19 heavy (non-hydrogen) atoms. The molecule has 0 aliphatic heterocycles. The van der Waals surface area contributed by atoms with Crippen LogP contribution in [-0.2, 0) is 20.1 Å². The Bertz CT molecular complexity index is 529. The second kappa shape index (κ2) is 6.61. The molecule has 0 saturated heterocycles. The first-order valence-electron chi connectivity index (χ1n) is 6.37. The molecule has 0 fully saturated rings. The molecule has 2 aromatic rings. The van der Waals surface area contributed by atoms with Gasteiger partial charge in [-0.1, -0.05) is 6.92 Å². The lowest BCUT2D eigenvalue weighted by Crippen LogP contribution is -2.00. The molecule has 6 heteroatoms. The molecule has 0 atom stereocenters.